The molecule has 0 aliphatic carbocycles. The van der Waals surface area contributed by atoms with Crippen molar-refractivity contribution < 1.29 is 77.1 Å². The average molecular weight is 1910 g/mol. The van der Waals surface area contributed by atoms with E-state index in [1.54, 1.807) is 39.2 Å². The molecule has 8 heterocycles. The maximum atomic E-state index is 6.59. The molecule has 770 valence electrons. The second-order valence-electron chi connectivity index (χ2n) is 42.7. The summed E-state index contributed by atoms with van der Waals surface area (Å²) in [6.45, 7) is 68.7. The van der Waals surface area contributed by atoms with Crippen molar-refractivity contribution in [2.75, 3.05) is 371 Å². The summed E-state index contributed by atoms with van der Waals surface area (Å²) in [6.07, 6.45) is 22.1. The zero-order valence-electron chi connectivity index (χ0n) is 88.6. The van der Waals surface area contributed by atoms with E-state index in [1.807, 2.05) is 13.8 Å². The first kappa shape index (κ1) is 114. The third-order valence-corrected chi connectivity index (χ3v) is 31.1. The van der Waals surface area contributed by atoms with Gasteiger partial charge in [-0.25, -0.2) is 0 Å². The van der Waals surface area contributed by atoms with Gasteiger partial charge in [-0.2, -0.15) is 0 Å². The third-order valence-electron chi connectivity index (χ3n) is 31.1. The van der Waals surface area contributed by atoms with Gasteiger partial charge in [-0.1, -0.05) is 65.8 Å². The van der Waals surface area contributed by atoms with Crippen LogP contribution in [-0.4, -0.2) is 410 Å². The summed E-state index contributed by atoms with van der Waals surface area (Å²) in [4.78, 5) is 33.9. The molecule has 25 heteroatoms. The number of unbranched alkanes of at least 4 members (excludes halogenated alkanes) is 8. The highest BCUT2D eigenvalue weighted by Gasteiger charge is 2.28. The van der Waals surface area contributed by atoms with Crippen LogP contribution in [0.1, 0.15) is 167 Å². The van der Waals surface area contributed by atoms with E-state index in [-0.39, 0.29) is 12.4 Å². The van der Waals surface area contributed by atoms with E-state index in [2.05, 4.69) is 196 Å². The van der Waals surface area contributed by atoms with Gasteiger partial charge >= 0.3 is 0 Å². The standard InChI is InChI=1S/2C54H94N8O4.C2H6.ClH/c2*1-47(43-49-15-17-51(63-39-11-7-19-59-31-23-55(3)24-32-59)53(45-49)65-41-13-9-21-61-35-27-57(5)28-36-61)48(2)44-50-16-18-52(64-40-12-8-20-60-33-25-56(4)26-34-60)54(46-50)66-42-14-10-22-62-37-29-58(6)30-38-62;1-2;/h2*15-18,45-48H,7-14,19-44H2,1-6H3;1-2H3;1H/p+8/t2*47-,48+;;. The van der Waals surface area contributed by atoms with Gasteiger partial charge in [0.25, 0.3) is 0 Å². The lowest BCUT2D eigenvalue weighted by Crippen LogP contribution is -3.27. The Morgan fingerprint density at radius 2 is 0.400 bits per heavy atom. The number of quaternary nitrogens is 8. The van der Waals surface area contributed by atoms with Crippen LogP contribution in [0.25, 0.3) is 0 Å². The largest absolute Gasteiger partial charge is 0.490 e. The Kier molecular flexibility index (Phi) is 55.4. The quantitative estimate of drug-likeness (QED) is 0.0308. The van der Waals surface area contributed by atoms with E-state index in [9.17, 15) is 0 Å². The van der Waals surface area contributed by atoms with E-state index in [0.29, 0.717) is 23.7 Å². The number of hydrogen-bond acceptors (Lipinski definition) is 16. The Morgan fingerprint density at radius 3 is 0.585 bits per heavy atom. The summed E-state index contributed by atoms with van der Waals surface area (Å²) in [5.41, 5.74) is 5.32. The Hall–Kier alpha value is -5.07. The number of nitrogens with one attached hydrogen (secondary N) is 8. The molecule has 0 radical (unpaired) electrons. The second kappa shape index (κ2) is 65.9. The van der Waals surface area contributed by atoms with Crippen molar-refractivity contribution in [2.45, 2.75) is 170 Å². The molecule has 0 unspecified atom stereocenters. The Balaban J connectivity index is 0.000000295. The summed E-state index contributed by atoms with van der Waals surface area (Å²) in [6, 6.07) is 27.0. The highest BCUT2D eigenvalue weighted by Crippen LogP contribution is 2.37. The minimum atomic E-state index is 0. The fourth-order valence-electron chi connectivity index (χ4n) is 20.5. The first-order chi connectivity index (χ1) is 65.3. The molecule has 0 bridgehead atoms. The van der Waals surface area contributed by atoms with Gasteiger partial charge in [0, 0.05) is 105 Å². The lowest BCUT2D eigenvalue weighted by molar-refractivity contribution is -1.00. The Labute approximate surface area is 829 Å². The van der Waals surface area contributed by atoms with Gasteiger partial charge < -0.3 is 116 Å². The molecule has 0 saturated carbocycles. The van der Waals surface area contributed by atoms with Gasteiger partial charge in [0.2, 0.25) is 0 Å². The van der Waals surface area contributed by atoms with Gasteiger partial charge in [-0.3, -0.25) is 0 Å². The van der Waals surface area contributed by atoms with Crippen molar-refractivity contribution in [2.24, 2.45) is 23.7 Å². The second-order valence-corrected chi connectivity index (χ2v) is 42.7. The molecule has 8 N–H and O–H groups in total. The maximum Gasteiger partial charge on any atom is 0.161 e. The number of halogens is 1. The topological polar surface area (TPSA) is 135 Å². The van der Waals surface area contributed by atoms with Gasteiger partial charge in [0.15, 0.2) is 46.0 Å². The first-order valence-corrected chi connectivity index (χ1v) is 55.1. The van der Waals surface area contributed by atoms with Crippen LogP contribution in [0.4, 0.5) is 0 Å². The van der Waals surface area contributed by atoms with Gasteiger partial charge in [-0.05, 0) is 277 Å². The normalized spacial score (nSPS) is 23.2. The van der Waals surface area contributed by atoms with E-state index in [4.69, 9.17) is 37.9 Å². The summed E-state index contributed by atoms with van der Waals surface area (Å²) in [5, 5.41) is 0. The first-order valence-electron chi connectivity index (χ1n) is 55.1. The van der Waals surface area contributed by atoms with E-state index in [0.717, 1.165) is 228 Å². The summed E-state index contributed by atoms with van der Waals surface area (Å²) >= 11 is 0. The van der Waals surface area contributed by atoms with Crippen LogP contribution < -0.4 is 77.1 Å². The monoisotopic (exact) mass is 1910 g/mol. The van der Waals surface area contributed by atoms with Gasteiger partial charge in [-0.15, -0.1) is 12.4 Å². The van der Waals surface area contributed by atoms with E-state index < -0.39 is 0 Å². The molecular weight excluding hydrogens is 1710 g/mol. The number of piperazine rings is 8. The highest BCUT2D eigenvalue weighted by atomic mass is 35.5. The molecule has 24 nitrogen and oxygen atoms in total. The lowest BCUT2D eigenvalue weighted by Gasteiger charge is -2.32. The van der Waals surface area contributed by atoms with Crippen molar-refractivity contribution in [3.05, 3.63) is 95.1 Å². The van der Waals surface area contributed by atoms with Crippen LogP contribution in [0.3, 0.4) is 0 Å². The van der Waals surface area contributed by atoms with Crippen molar-refractivity contribution in [1.29, 1.82) is 0 Å². The summed E-state index contributed by atoms with van der Waals surface area (Å²) < 4.78 is 52.2. The van der Waals surface area contributed by atoms with Crippen molar-refractivity contribution >= 4 is 12.4 Å². The summed E-state index contributed by atoms with van der Waals surface area (Å²) in [7, 11) is 18.2. The van der Waals surface area contributed by atoms with Crippen LogP contribution in [0.5, 0.6) is 46.0 Å². The fraction of sp³-hybridized carbons (Fsp3) is 0.782. The number of hydrogen-bond donors (Lipinski definition) is 8. The third kappa shape index (κ3) is 45.0. The lowest BCUT2D eigenvalue weighted by atomic mass is 9.85. The molecule has 135 heavy (non-hydrogen) atoms. The van der Waals surface area contributed by atoms with Crippen LogP contribution in [-0.2, 0) is 25.7 Å². The van der Waals surface area contributed by atoms with Crippen molar-refractivity contribution in [3.63, 3.8) is 0 Å². The molecule has 0 amide bonds. The smallest absolute Gasteiger partial charge is 0.161 e. The minimum Gasteiger partial charge on any atom is -0.490 e. The van der Waals surface area contributed by atoms with Crippen LogP contribution >= 0.6 is 12.4 Å². The molecule has 4 aromatic carbocycles. The van der Waals surface area contributed by atoms with E-state index in [1.165, 1.54) is 284 Å². The SMILES string of the molecule is CC.C[C@H](Cc1ccc(OCCCCN2CCN(C)CC2)c(OCCCCN2CCN(C)CC2)c1)[C@@H](C)Cc1ccc(OCCCCN2CCN(C)CC2)c(OCCCCN2CCN(C)CC2)c1.C[C@H](Cc1ccc(OCCCC[NH+]2CC[NH+](C)CC2)c(OCCCC[NH+]2CC[NH+](C)CC2)c1)[C@@H](C)Cc1ccc(OCCCC[NH+]2CC[NH+](C)CC2)c(OCCCC[NH+]2CC[NH+](C)CC2)c1.Cl. The molecule has 0 spiro atoms. The van der Waals surface area contributed by atoms with Crippen molar-refractivity contribution in [3.8, 4) is 46.0 Å². The predicted octanol–water partition coefficient (Wildman–Crippen LogP) is 2.85. The zero-order chi connectivity index (χ0) is 94.7. The molecule has 8 aliphatic heterocycles. The van der Waals surface area contributed by atoms with Gasteiger partial charge in [0.1, 0.15) is 105 Å². The molecule has 4 atom stereocenters. The van der Waals surface area contributed by atoms with Crippen LogP contribution in [0, 0.1) is 23.7 Å². The number of ether oxygens (including phenoxy) is 8. The average Bonchev–Trinajstić information content (AvgIpc) is 0.844. The Morgan fingerprint density at radius 1 is 0.230 bits per heavy atom. The summed E-state index contributed by atoms with van der Waals surface area (Å²) in [5.74, 6) is 9.25. The molecule has 8 fully saturated rings. The van der Waals surface area contributed by atoms with Crippen LogP contribution in [0.15, 0.2) is 72.8 Å². The minimum absolute atomic E-state index is 0. The Bertz CT molecular complexity index is 3220. The molecule has 12 rings (SSSR count). The molecular formula is C110H203ClN16O8+8. The van der Waals surface area contributed by atoms with E-state index >= 15 is 0 Å². The number of nitrogens with zero attached hydrogens (tertiary/aromatic N) is 8. The van der Waals surface area contributed by atoms with Gasteiger partial charge in [0.05, 0.1) is 107 Å². The number of benzene rings is 4. The fourth-order valence-corrected chi connectivity index (χ4v) is 20.5. The predicted molar refractivity (Wildman–Crippen MR) is 558 cm³/mol. The van der Waals surface area contributed by atoms with Crippen molar-refractivity contribution in [1.82, 2.24) is 39.2 Å². The molecule has 8 saturated heterocycles. The van der Waals surface area contributed by atoms with Crippen LogP contribution in [0.2, 0.25) is 0 Å². The molecule has 4 aromatic rings. The molecule has 8 aliphatic rings. The highest BCUT2D eigenvalue weighted by molar-refractivity contribution is 5.85. The number of rotatable bonds is 58. The molecule has 0 aromatic heterocycles. The number of likely N-dealkylation sites (N-methyl/N-ethyl adjacent to an activating group) is 8. The maximum absolute atomic E-state index is 6.59. The zero-order valence-corrected chi connectivity index (χ0v) is 89.4.